The second-order valence-electron chi connectivity index (χ2n) is 10.7. The first kappa shape index (κ1) is 27.0. The van der Waals surface area contributed by atoms with Crippen molar-refractivity contribution in [1.29, 1.82) is 0 Å². The Bertz CT molecular complexity index is 1110. The van der Waals surface area contributed by atoms with E-state index in [1.165, 1.54) is 4.88 Å². The Morgan fingerprint density at radius 1 is 1.03 bits per heavy atom. The van der Waals surface area contributed by atoms with Crippen LogP contribution in [0.15, 0.2) is 41.8 Å². The lowest BCUT2D eigenvalue weighted by Crippen LogP contribution is -2.44. The Balaban J connectivity index is 1.22. The van der Waals surface area contributed by atoms with Gasteiger partial charge in [0.2, 0.25) is 11.8 Å². The van der Waals surface area contributed by atoms with E-state index in [-0.39, 0.29) is 42.0 Å². The predicted molar refractivity (Wildman–Crippen MR) is 145 cm³/mol. The summed E-state index contributed by atoms with van der Waals surface area (Å²) < 4.78 is 0. The summed E-state index contributed by atoms with van der Waals surface area (Å²) in [5, 5.41) is 4.98. The lowest BCUT2D eigenvalue weighted by atomic mass is 10.0. The Morgan fingerprint density at radius 2 is 1.78 bits per heavy atom. The zero-order valence-electron chi connectivity index (χ0n) is 21.9. The molecule has 0 radical (unpaired) electrons. The number of hydrogen-bond acceptors (Lipinski definition) is 5. The minimum Gasteiger partial charge on any atom is -0.352 e. The second kappa shape index (κ2) is 12.0. The van der Waals surface area contributed by atoms with Crippen molar-refractivity contribution in [3.05, 3.63) is 47.3 Å². The zero-order chi connectivity index (χ0) is 26.5. The van der Waals surface area contributed by atoms with Crippen LogP contribution < -0.4 is 5.32 Å². The third-order valence-corrected chi connectivity index (χ3v) is 8.32. The third kappa shape index (κ3) is 6.47. The summed E-state index contributed by atoms with van der Waals surface area (Å²) in [6.45, 7) is 7.26. The molecule has 2 aliphatic rings. The average molecular weight is 524 g/mol. The van der Waals surface area contributed by atoms with Crippen molar-refractivity contribution in [2.24, 2.45) is 11.8 Å². The second-order valence-corrected chi connectivity index (χ2v) is 11.7. The maximum Gasteiger partial charge on any atom is 0.251 e. The zero-order valence-corrected chi connectivity index (χ0v) is 22.8. The highest BCUT2D eigenvalue weighted by atomic mass is 32.1. The standard InChI is InChI=1S/C29H37N3O4S/c1-19(2)6-11-26(34)32-18-24(33)28-23(32)13-15-31(28)27(35)17-20(3)12-14-30-29(36)22-9-7-21(8-10-22)25-5-4-16-37-25/h4-5,7-10,16,19-20,23,28H,6,11-15,17-18H2,1-3H3,(H,30,36). The monoisotopic (exact) mass is 523 g/mol. The van der Waals surface area contributed by atoms with Crippen molar-refractivity contribution in [2.75, 3.05) is 19.6 Å². The van der Waals surface area contributed by atoms with Crippen LogP contribution in [0.4, 0.5) is 0 Å². The van der Waals surface area contributed by atoms with Gasteiger partial charge in [0.1, 0.15) is 6.04 Å². The number of ketones is 1. The van der Waals surface area contributed by atoms with Crippen LogP contribution in [0.2, 0.25) is 0 Å². The van der Waals surface area contributed by atoms with Crippen molar-refractivity contribution in [3.63, 3.8) is 0 Å². The van der Waals surface area contributed by atoms with Crippen molar-refractivity contribution in [3.8, 4) is 10.4 Å². The number of likely N-dealkylation sites (tertiary alicyclic amines) is 2. The fourth-order valence-electron chi connectivity index (χ4n) is 5.26. The van der Waals surface area contributed by atoms with E-state index >= 15 is 0 Å². The van der Waals surface area contributed by atoms with Crippen molar-refractivity contribution < 1.29 is 19.2 Å². The first-order chi connectivity index (χ1) is 17.7. The molecule has 3 unspecified atom stereocenters. The van der Waals surface area contributed by atoms with E-state index in [1.54, 1.807) is 21.1 Å². The van der Waals surface area contributed by atoms with Gasteiger partial charge in [-0.1, -0.05) is 39.0 Å². The highest BCUT2D eigenvalue weighted by Crippen LogP contribution is 2.31. The van der Waals surface area contributed by atoms with E-state index in [0.29, 0.717) is 50.3 Å². The van der Waals surface area contributed by atoms with Gasteiger partial charge in [0, 0.05) is 36.4 Å². The van der Waals surface area contributed by atoms with Crippen molar-refractivity contribution >= 4 is 34.8 Å². The molecule has 2 aromatic rings. The van der Waals surface area contributed by atoms with Crippen LogP contribution in [0.5, 0.6) is 0 Å². The Kier molecular flexibility index (Phi) is 8.79. The molecule has 8 heteroatoms. The Labute approximate surface area is 223 Å². The molecular formula is C29H37N3O4S. The van der Waals surface area contributed by atoms with Gasteiger partial charge in [-0.3, -0.25) is 19.2 Å². The summed E-state index contributed by atoms with van der Waals surface area (Å²) in [4.78, 5) is 55.6. The fourth-order valence-corrected chi connectivity index (χ4v) is 5.99. The lowest BCUT2D eigenvalue weighted by Gasteiger charge is -2.25. The highest BCUT2D eigenvalue weighted by molar-refractivity contribution is 7.13. The summed E-state index contributed by atoms with van der Waals surface area (Å²) in [7, 11) is 0. The maximum atomic E-state index is 13.1. The van der Waals surface area contributed by atoms with Crippen LogP contribution in [0.3, 0.4) is 0 Å². The van der Waals surface area contributed by atoms with E-state index in [1.807, 2.05) is 42.6 Å². The number of thiophene rings is 1. The van der Waals surface area contributed by atoms with Gasteiger partial charge in [0.15, 0.2) is 5.78 Å². The Hall–Kier alpha value is -3.00. The summed E-state index contributed by atoms with van der Waals surface area (Å²) >= 11 is 1.66. The molecule has 198 valence electrons. The number of Topliss-reactive ketones (excluding diaryl/α,β-unsaturated/α-hetero) is 1. The molecule has 3 heterocycles. The number of nitrogens with one attached hydrogen (secondary N) is 1. The highest BCUT2D eigenvalue weighted by Gasteiger charge is 2.50. The molecule has 1 aromatic heterocycles. The van der Waals surface area contributed by atoms with Gasteiger partial charge < -0.3 is 15.1 Å². The fraction of sp³-hybridized carbons (Fsp3) is 0.517. The van der Waals surface area contributed by atoms with Crippen LogP contribution in [0.25, 0.3) is 10.4 Å². The average Bonchev–Trinajstić information content (AvgIpc) is 3.61. The quantitative estimate of drug-likeness (QED) is 0.501. The van der Waals surface area contributed by atoms with Gasteiger partial charge in [0.25, 0.3) is 5.91 Å². The summed E-state index contributed by atoms with van der Waals surface area (Å²) in [5.74, 6) is 0.321. The molecule has 2 aliphatic heterocycles. The minimum atomic E-state index is -0.500. The number of rotatable bonds is 10. The van der Waals surface area contributed by atoms with E-state index in [2.05, 4.69) is 25.2 Å². The van der Waals surface area contributed by atoms with Gasteiger partial charge >= 0.3 is 0 Å². The minimum absolute atomic E-state index is 0.0223. The van der Waals surface area contributed by atoms with Crippen molar-refractivity contribution in [2.45, 2.75) is 65.0 Å². The predicted octanol–water partition coefficient (Wildman–Crippen LogP) is 4.38. The number of carbonyl (C=O) groups is 4. The van der Waals surface area contributed by atoms with Crippen LogP contribution in [0.1, 0.15) is 63.2 Å². The molecule has 2 fully saturated rings. The maximum absolute atomic E-state index is 13.1. The summed E-state index contributed by atoms with van der Waals surface area (Å²) in [6.07, 6.45) is 2.90. The van der Waals surface area contributed by atoms with Crippen LogP contribution >= 0.6 is 11.3 Å². The smallest absolute Gasteiger partial charge is 0.251 e. The Morgan fingerprint density at radius 3 is 2.46 bits per heavy atom. The van der Waals surface area contributed by atoms with Gasteiger partial charge in [-0.05, 0) is 60.2 Å². The molecular weight excluding hydrogens is 486 g/mol. The molecule has 1 N–H and O–H groups in total. The van der Waals surface area contributed by atoms with Gasteiger partial charge in [-0.2, -0.15) is 0 Å². The largest absolute Gasteiger partial charge is 0.352 e. The van der Waals surface area contributed by atoms with E-state index in [4.69, 9.17) is 0 Å². The molecule has 1 aromatic carbocycles. The van der Waals surface area contributed by atoms with E-state index in [9.17, 15) is 19.2 Å². The van der Waals surface area contributed by atoms with Gasteiger partial charge in [-0.15, -0.1) is 11.3 Å². The molecule has 37 heavy (non-hydrogen) atoms. The normalized spacial score (nSPS) is 19.8. The molecule has 0 aliphatic carbocycles. The third-order valence-electron chi connectivity index (χ3n) is 7.40. The molecule has 4 rings (SSSR count). The van der Waals surface area contributed by atoms with Crippen LogP contribution in [-0.2, 0) is 14.4 Å². The number of hydrogen-bond donors (Lipinski definition) is 1. The molecule has 0 bridgehead atoms. The van der Waals surface area contributed by atoms with Crippen LogP contribution in [-0.4, -0.2) is 65.0 Å². The molecule has 2 saturated heterocycles. The molecule has 3 amide bonds. The summed E-state index contributed by atoms with van der Waals surface area (Å²) in [6, 6.07) is 10.9. The molecule has 7 nitrogen and oxygen atoms in total. The number of carbonyl (C=O) groups excluding carboxylic acids is 4. The number of benzene rings is 1. The molecule has 0 saturated carbocycles. The van der Waals surface area contributed by atoms with Crippen LogP contribution in [0, 0.1) is 11.8 Å². The molecule has 3 atom stereocenters. The van der Waals surface area contributed by atoms with Gasteiger partial charge in [-0.25, -0.2) is 0 Å². The number of amides is 3. The van der Waals surface area contributed by atoms with E-state index in [0.717, 1.165) is 12.0 Å². The topological polar surface area (TPSA) is 86.8 Å². The number of fused-ring (bicyclic) bond motifs is 1. The summed E-state index contributed by atoms with van der Waals surface area (Å²) in [5.41, 5.74) is 1.70. The van der Waals surface area contributed by atoms with Gasteiger partial charge in [0.05, 0.1) is 12.6 Å². The molecule has 0 spiro atoms. The first-order valence-corrected chi connectivity index (χ1v) is 14.2. The van der Waals surface area contributed by atoms with E-state index < -0.39 is 6.04 Å². The first-order valence-electron chi connectivity index (χ1n) is 13.3. The lowest BCUT2D eigenvalue weighted by molar-refractivity contribution is -0.137. The number of nitrogens with zero attached hydrogens (tertiary/aromatic N) is 2. The SMILES string of the molecule is CC(C)CCC(=O)N1CC(=O)C2C1CCN2C(=O)CC(C)CCNC(=O)c1ccc(-c2cccs2)cc1. The van der Waals surface area contributed by atoms with Crippen molar-refractivity contribution in [1.82, 2.24) is 15.1 Å².